The van der Waals surface area contributed by atoms with Gasteiger partial charge >= 0.3 is 5.97 Å². The lowest BCUT2D eigenvalue weighted by molar-refractivity contribution is 0.0516. The molecule has 0 aliphatic heterocycles. The van der Waals surface area contributed by atoms with Gasteiger partial charge in [0.05, 0.1) is 18.2 Å². The molecule has 0 aliphatic rings. The Morgan fingerprint density at radius 3 is 2.78 bits per heavy atom. The molecule has 96 valence electrons. The van der Waals surface area contributed by atoms with Crippen molar-refractivity contribution in [1.29, 1.82) is 5.26 Å². The summed E-state index contributed by atoms with van der Waals surface area (Å²) in [6.45, 7) is 1.49. The third kappa shape index (κ3) is 2.78. The number of nitriles is 1. The molecule has 0 aliphatic carbocycles. The normalized spacial score (nSPS) is 10.2. The highest BCUT2D eigenvalue weighted by molar-refractivity contribution is 5.89. The number of nitrogens with two attached hydrogens (primary N) is 1. The lowest BCUT2D eigenvalue weighted by Gasteiger charge is -2.10. The van der Waals surface area contributed by atoms with Crippen molar-refractivity contribution in [2.24, 2.45) is 5.73 Å². The number of nitrogens with zero attached hydrogens (tertiary/aromatic N) is 2. The van der Waals surface area contributed by atoms with Gasteiger partial charge in [0, 0.05) is 12.1 Å². The Morgan fingerprint density at radius 2 is 2.33 bits per heavy atom. The number of hydrogen-bond donors (Lipinski definition) is 1. The first kappa shape index (κ1) is 14.0. The van der Waals surface area contributed by atoms with Crippen LogP contribution >= 0.6 is 0 Å². The molecule has 1 rings (SSSR count). The number of hydrogen-bond acceptors (Lipinski definition) is 5. The lowest BCUT2D eigenvalue weighted by atomic mass is 10.1. The molecule has 1 heterocycles. The minimum atomic E-state index is -2.88. The van der Waals surface area contributed by atoms with Crippen molar-refractivity contribution in [3.05, 3.63) is 28.6 Å². The van der Waals surface area contributed by atoms with Crippen LogP contribution in [-0.2, 0) is 11.3 Å². The highest BCUT2D eigenvalue weighted by Crippen LogP contribution is 2.22. The van der Waals surface area contributed by atoms with Crippen LogP contribution in [0.2, 0.25) is 0 Å². The van der Waals surface area contributed by atoms with Crippen LogP contribution in [0.4, 0.5) is 8.78 Å². The number of aromatic nitrogens is 1. The Bertz CT molecular complexity index is 498. The van der Waals surface area contributed by atoms with Crippen LogP contribution < -0.4 is 5.73 Å². The number of alkyl halides is 2. The van der Waals surface area contributed by atoms with E-state index in [2.05, 4.69) is 4.98 Å². The summed E-state index contributed by atoms with van der Waals surface area (Å²) in [5.41, 5.74) is 4.45. The van der Waals surface area contributed by atoms with Crippen LogP contribution in [0.25, 0.3) is 0 Å². The summed E-state index contributed by atoms with van der Waals surface area (Å²) in [5.74, 6) is -0.864. The fourth-order valence-electron chi connectivity index (χ4n) is 1.38. The van der Waals surface area contributed by atoms with Gasteiger partial charge < -0.3 is 10.5 Å². The minimum absolute atomic E-state index is 0.0747. The topological polar surface area (TPSA) is 89.0 Å². The summed E-state index contributed by atoms with van der Waals surface area (Å²) in [7, 11) is 0. The van der Waals surface area contributed by atoms with Crippen LogP contribution in [0, 0.1) is 11.3 Å². The second-order valence-electron chi connectivity index (χ2n) is 3.26. The largest absolute Gasteiger partial charge is 0.461 e. The summed E-state index contributed by atoms with van der Waals surface area (Å²) in [6.07, 6.45) is -2.88. The zero-order valence-corrected chi connectivity index (χ0v) is 9.61. The van der Waals surface area contributed by atoms with Gasteiger partial charge in [-0.25, -0.2) is 18.6 Å². The average Bonchev–Trinajstić information content (AvgIpc) is 2.37. The van der Waals surface area contributed by atoms with E-state index in [1.165, 1.54) is 0 Å². The van der Waals surface area contributed by atoms with Crippen molar-refractivity contribution in [3.8, 4) is 6.07 Å². The smallest absolute Gasteiger partial charge is 0.357 e. The molecular weight excluding hydrogens is 244 g/mol. The molecule has 0 radical (unpaired) electrons. The van der Waals surface area contributed by atoms with Gasteiger partial charge in [0.15, 0.2) is 5.69 Å². The van der Waals surface area contributed by atoms with Crippen molar-refractivity contribution in [1.82, 2.24) is 4.98 Å². The maximum atomic E-state index is 12.6. The van der Waals surface area contributed by atoms with Crippen LogP contribution in [0.15, 0.2) is 6.07 Å². The molecule has 1 aromatic rings. The molecule has 1 aromatic heterocycles. The SMILES string of the molecule is CCOC(=O)c1nc(C(F)F)cc(C#N)c1CN. The zero-order valence-electron chi connectivity index (χ0n) is 9.61. The van der Waals surface area contributed by atoms with E-state index in [1.54, 1.807) is 13.0 Å². The van der Waals surface area contributed by atoms with E-state index < -0.39 is 18.1 Å². The molecule has 0 saturated heterocycles. The minimum Gasteiger partial charge on any atom is -0.461 e. The maximum Gasteiger partial charge on any atom is 0.357 e. The van der Waals surface area contributed by atoms with Crippen LogP contribution in [0.3, 0.4) is 0 Å². The van der Waals surface area contributed by atoms with E-state index in [0.717, 1.165) is 6.07 Å². The van der Waals surface area contributed by atoms with Crippen LogP contribution in [0.1, 0.15) is 40.7 Å². The second-order valence-corrected chi connectivity index (χ2v) is 3.26. The number of carbonyl (C=O) groups excluding carboxylic acids is 1. The van der Waals surface area contributed by atoms with Crippen molar-refractivity contribution < 1.29 is 18.3 Å². The molecule has 0 saturated carbocycles. The number of esters is 1. The van der Waals surface area contributed by atoms with Crippen molar-refractivity contribution in [3.63, 3.8) is 0 Å². The molecule has 0 amide bonds. The monoisotopic (exact) mass is 255 g/mol. The second kappa shape index (κ2) is 6.02. The van der Waals surface area contributed by atoms with Gasteiger partial charge in [-0.2, -0.15) is 5.26 Å². The van der Waals surface area contributed by atoms with Gasteiger partial charge in [-0.3, -0.25) is 0 Å². The Hall–Kier alpha value is -2.07. The number of carbonyl (C=O) groups is 1. The molecule has 0 unspecified atom stereocenters. The Balaban J connectivity index is 3.41. The standard InChI is InChI=1S/C11H11F2N3O2/c1-2-18-11(17)9-7(5-15)6(4-14)3-8(16-9)10(12)13/h3,10H,2,5,15H2,1H3. The van der Waals surface area contributed by atoms with E-state index >= 15 is 0 Å². The number of halogens is 2. The molecule has 0 bridgehead atoms. The predicted octanol–water partition coefficient (Wildman–Crippen LogP) is 1.53. The Morgan fingerprint density at radius 1 is 1.67 bits per heavy atom. The summed E-state index contributed by atoms with van der Waals surface area (Å²) in [4.78, 5) is 15.1. The van der Waals surface area contributed by atoms with Gasteiger partial charge in [-0.15, -0.1) is 0 Å². The third-order valence-corrected chi connectivity index (χ3v) is 2.16. The highest BCUT2D eigenvalue weighted by Gasteiger charge is 2.21. The summed E-state index contributed by atoms with van der Waals surface area (Å²) in [5, 5.41) is 8.86. The summed E-state index contributed by atoms with van der Waals surface area (Å²) in [6, 6.07) is 2.64. The molecule has 5 nitrogen and oxygen atoms in total. The highest BCUT2D eigenvalue weighted by atomic mass is 19.3. The Kier molecular flexibility index (Phi) is 4.68. The van der Waals surface area contributed by atoms with E-state index in [0.29, 0.717) is 0 Å². The van der Waals surface area contributed by atoms with Crippen molar-refractivity contribution >= 4 is 5.97 Å². The molecule has 0 atom stereocenters. The maximum absolute atomic E-state index is 12.6. The van der Waals surface area contributed by atoms with Gasteiger partial charge in [-0.1, -0.05) is 0 Å². The molecule has 2 N–H and O–H groups in total. The van der Waals surface area contributed by atoms with Crippen LogP contribution in [0.5, 0.6) is 0 Å². The fourth-order valence-corrected chi connectivity index (χ4v) is 1.38. The zero-order chi connectivity index (χ0) is 13.7. The lowest BCUT2D eigenvalue weighted by Crippen LogP contribution is -2.16. The van der Waals surface area contributed by atoms with E-state index in [1.807, 2.05) is 0 Å². The molecular formula is C11H11F2N3O2. The molecule has 7 heteroatoms. The molecule has 0 fully saturated rings. The van der Waals surface area contributed by atoms with Crippen LogP contribution in [-0.4, -0.2) is 17.6 Å². The predicted molar refractivity (Wildman–Crippen MR) is 57.8 cm³/mol. The van der Waals surface area contributed by atoms with Gasteiger partial charge in [0.25, 0.3) is 6.43 Å². The van der Waals surface area contributed by atoms with Crippen molar-refractivity contribution in [2.45, 2.75) is 19.9 Å². The molecule has 0 aromatic carbocycles. The first-order valence-corrected chi connectivity index (χ1v) is 5.14. The van der Waals surface area contributed by atoms with E-state index in [9.17, 15) is 13.6 Å². The van der Waals surface area contributed by atoms with E-state index in [-0.39, 0.29) is 30.0 Å². The average molecular weight is 255 g/mol. The number of rotatable bonds is 4. The summed E-state index contributed by atoms with van der Waals surface area (Å²) >= 11 is 0. The third-order valence-electron chi connectivity index (χ3n) is 2.16. The first-order chi connectivity index (χ1) is 8.54. The Labute approximate surface area is 102 Å². The first-order valence-electron chi connectivity index (χ1n) is 5.14. The van der Waals surface area contributed by atoms with Gasteiger partial charge in [0.1, 0.15) is 5.69 Å². The van der Waals surface area contributed by atoms with E-state index in [4.69, 9.17) is 15.7 Å². The van der Waals surface area contributed by atoms with Crippen molar-refractivity contribution in [2.75, 3.05) is 6.61 Å². The van der Waals surface area contributed by atoms with Gasteiger partial charge in [0.2, 0.25) is 0 Å². The molecule has 0 spiro atoms. The fraction of sp³-hybridized carbons (Fsp3) is 0.364. The molecule has 18 heavy (non-hydrogen) atoms. The number of ether oxygens (including phenoxy) is 1. The quantitative estimate of drug-likeness (QED) is 0.824. The summed E-state index contributed by atoms with van der Waals surface area (Å²) < 4.78 is 29.9. The number of pyridine rings is 1. The van der Waals surface area contributed by atoms with Gasteiger partial charge in [-0.05, 0) is 13.0 Å².